The zero-order valence-corrected chi connectivity index (χ0v) is 15.7. The number of methoxy groups -OCH3 is 1. The fraction of sp³-hybridized carbons (Fsp3) is 0.600. The Kier molecular flexibility index (Phi) is 6.50. The van der Waals surface area contributed by atoms with Crippen molar-refractivity contribution in [3.05, 3.63) is 29.8 Å². The number of nitrogens with zero attached hydrogens (tertiary/aromatic N) is 3. The number of amides is 2. The SMILES string of the molecule is COc1cccc(CCC(=O)N2CCN(CC(=O)N3CCCC3)CC2)c1. The summed E-state index contributed by atoms with van der Waals surface area (Å²) in [7, 11) is 1.65. The van der Waals surface area contributed by atoms with Gasteiger partial charge in [0.15, 0.2) is 0 Å². The number of carbonyl (C=O) groups excluding carboxylic acids is 2. The lowest BCUT2D eigenvalue weighted by Crippen LogP contribution is -2.51. The number of benzene rings is 1. The third-order valence-corrected chi connectivity index (χ3v) is 5.30. The fourth-order valence-corrected chi connectivity index (χ4v) is 3.65. The summed E-state index contributed by atoms with van der Waals surface area (Å²) in [5, 5.41) is 0. The van der Waals surface area contributed by atoms with Crippen LogP contribution in [0.5, 0.6) is 5.75 Å². The smallest absolute Gasteiger partial charge is 0.236 e. The molecule has 3 rings (SSSR count). The Morgan fingerprint density at radius 2 is 1.65 bits per heavy atom. The van der Waals surface area contributed by atoms with Gasteiger partial charge in [0.25, 0.3) is 0 Å². The van der Waals surface area contributed by atoms with Crippen LogP contribution in [0.25, 0.3) is 0 Å². The molecule has 6 nitrogen and oxygen atoms in total. The highest BCUT2D eigenvalue weighted by Gasteiger charge is 2.25. The summed E-state index contributed by atoms with van der Waals surface area (Å²) in [5.41, 5.74) is 1.12. The number of ether oxygens (including phenoxy) is 1. The number of carbonyl (C=O) groups is 2. The van der Waals surface area contributed by atoms with Crippen LogP contribution in [-0.2, 0) is 16.0 Å². The third kappa shape index (κ3) is 4.97. The van der Waals surface area contributed by atoms with Gasteiger partial charge in [-0.1, -0.05) is 12.1 Å². The Bertz CT molecular complexity index is 620. The van der Waals surface area contributed by atoms with Crippen LogP contribution < -0.4 is 4.74 Å². The second-order valence-corrected chi connectivity index (χ2v) is 7.10. The Labute approximate surface area is 155 Å². The number of likely N-dealkylation sites (tertiary alicyclic amines) is 1. The van der Waals surface area contributed by atoms with E-state index >= 15 is 0 Å². The average Bonchev–Trinajstić information content (AvgIpc) is 3.22. The van der Waals surface area contributed by atoms with E-state index in [0.717, 1.165) is 56.8 Å². The van der Waals surface area contributed by atoms with E-state index in [-0.39, 0.29) is 11.8 Å². The highest BCUT2D eigenvalue weighted by molar-refractivity contribution is 5.79. The molecule has 1 aromatic rings. The molecule has 0 N–H and O–H groups in total. The summed E-state index contributed by atoms with van der Waals surface area (Å²) in [6.07, 6.45) is 3.49. The first-order chi connectivity index (χ1) is 12.7. The molecule has 0 radical (unpaired) electrons. The Hall–Kier alpha value is -2.08. The molecule has 2 aliphatic rings. The maximum atomic E-state index is 12.5. The van der Waals surface area contributed by atoms with E-state index in [2.05, 4.69) is 4.90 Å². The second kappa shape index (κ2) is 9.03. The van der Waals surface area contributed by atoms with Crippen LogP contribution in [0, 0.1) is 0 Å². The molecule has 0 aromatic heterocycles. The van der Waals surface area contributed by atoms with E-state index in [0.29, 0.717) is 26.1 Å². The van der Waals surface area contributed by atoms with Crippen LogP contribution in [0.1, 0.15) is 24.8 Å². The molecule has 0 unspecified atom stereocenters. The van der Waals surface area contributed by atoms with Gasteiger partial charge in [0.2, 0.25) is 11.8 Å². The van der Waals surface area contributed by atoms with Crippen molar-refractivity contribution in [2.75, 3.05) is 52.9 Å². The van der Waals surface area contributed by atoms with Gasteiger partial charge in [0, 0.05) is 45.7 Å². The van der Waals surface area contributed by atoms with Gasteiger partial charge in [-0.3, -0.25) is 14.5 Å². The molecule has 142 valence electrons. The van der Waals surface area contributed by atoms with Crippen LogP contribution in [-0.4, -0.2) is 79.4 Å². The predicted molar refractivity (Wildman–Crippen MR) is 100 cm³/mol. The monoisotopic (exact) mass is 359 g/mol. The van der Waals surface area contributed by atoms with Crippen molar-refractivity contribution in [1.82, 2.24) is 14.7 Å². The molecule has 26 heavy (non-hydrogen) atoms. The van der Waals surface area contributed by atoms with Crippen LogP contribution in [0.15, 0.2) is 24.3 Å². The summed E-state index contributed by atoms with van der Waals surface area (Å²) in [6, 6.07) is 7.87. The Morgan fingerprint density at radius 1 is 0.962 bits per heavy atom. The molecule has 1 aromatic carbocycles. The summed E-state index contributed by atoms with van der Waals surface area (Å²) >= 11 is 0. The lowest BCUT2D eigenvalue weighted by molar-refractivity contribution is -0.134. The Balaban J connectivity index is 1.39. The van der Waals surface area contributed by atoms with E-state index in [9.17, 15) is 9.59 Å². The van der Waals surface area contributed by atoms with E-state index in [1.54, 1.807) is 7.11 Å². The molecule has 2 fully saturated rings. The molecule has 0 saturated carbocycles. The highest BCUT2D eigenvalue weighted by Crippen LogP contribution is 2.15. The maximum Gasteiger partial charge on any atom is 0.236 e. The van der Waals surface area contributed by atoms with Crippen LogP contribution in [0.4, 0.5) is 0 Å². The molecule has 2 saturated heterocycles. The first kappa shape index (κ1) is 18.7. The molecule has 2 heterocycles. The average molecular weight is 359 g/mol. The van der Waals surface area contributed by atoms with Gasteiger partial charge in [-0.15, -0.1) is 0 Å². The third-order valence-electron chi connectivity index (χ3n) is 5.30. The van der Waals surface area contributed by atoms with Crippen LogP contribution >= 0.6 is 0 Å². The molecule has 0 aliphatic carbocycles. The summed E-state index contributed by atoms with van der Waals surface area (Å²) in [6.45, 7) is 5.29. The minimum atomic E-state index is 0.193. The van der Waals surface area contributed by atoms with E-state index < -0.39 is 0 Å². The van der Waals surface area contributed by atoms with Crippen molar-refractivity contribution in [2.24, 2.45) is 0 Å². The van der Waals surface area contributed by atoms with E-state index in [1.165, 1.54) is 0 Å². The zero-order valence-electron chi connectivity index (χ0n) is 15.7. The number of rotatable bonds is 6. The molecule has 2 aliphatic heterocycles. The van der Waals surface area contributed by atoms with Gasteiger partial charge >= 0.3 is 0 Å². The lowest BCUT2D eigenvalue weighted by atomic mass is 10.1. The van der Waals surface area contributed by atoms with Crippen molar-refractivity contribution in [1.29, 1.82) is 0 Å². The molecule has 2 amide bonds. The zero-order chi connectivity index (χ0) is 18.4. The van der Waals surface area contributed by atoms with E-state index in [1.807, 2.05) is 34.1 Å². The molecule has 0 atom stereocenters. The van der Waals surface area contributed by atoms with Gasteiger partial charge in [-0.2, -0.15) is 0 Å². The van der Waals surface area contributed by atoms with Crippen molar-refractivity contribution in [2.45, 2.75) is 25.7 Å². The van der Waals surface area contributed by atoms with Crippen molar-refractivity contribution in [3.63, 3.8) is 0 Å². The topological polar surface area (TPSA) is 53.1 Å². The largest absolute Gasteiger partial charge is 0.497 e. The Morgan fingerprint density at radius 3 is 2.35 bits per heavy atom. The van der Waals surface area contributed by atoms with Crippen molar-refractivity contribution < 1.29 is 14.3 Å². The van der Waals surface area contributed by atoms with Gasteiger partial charge in [-0.25, -0.2) is 0 Å². The standard InChI is InChI=1S/C20H29N3O3/c1-26-18-6-4-5-17(15-18)7-8-19(24)23-13-11-21(12-14-23)16-20(25)22-9-2-3-10-22/h4-6,15H,2-3,7-14,16H2,1H3. The van der Waals surface area contributed by atoms with Crippen molar-refractivity contribution >= 4 is 11.8 Å². The minimum Gasteiger partial charge on any atom is -0.497 e. The van der Waals surface area contributed by atoms with Gasteiger partial charge in [0.05, 0.1) is 13.7 Å². The first-order valence-electron chi connectivity index (χ1n) is 9.56. The summed E-state index contributed by atoms with van der Waals surface area (Å²) in [4.78, 5) is 30.8. The second-order valence-electron chi connectivity index (χ2n) is 7.10. The quantitative estimate of drug-likeness (QED) is 0.770. The first-order valence-corrected chi connectivity index (χ1v) is 9.56. The van der Waals surface area contributed by atoms with Crippen LogP contribution in [0.3, 0.4) is 0 Å². The number of hydrogen-bond acceptors (Lipinski definition) is 4. The predicted octanol–water partition coefficient (Wildman–Crippen LogP) is 1.39. The molecule has 0 spiro atoms. The lowest BCUT2D eigenvalue weighted by Gasteiger charge is -2.35. The van der Waals surface area contributed by atoms with Gasteiger partial charge in [0.1, 0.15) is 5.75 Å². The minimum absolute atomic E-state index is 0.193. The number of piperazine rings is 1. The maximum absolute atomic E-state index is 12.5. The molecular formula is C20H29N3O3. The fourth-order valence-electron chi connectivity index (χ4n) is 3.65. The number of aryl methyl sites for hydroxylation is 1. The number of hydrogen-bond donors (Lipinski definition) is 0. The summed E-state index contributed by atoms with van der Waals surface area (Å²) in [5.74, 6) is 1.25. The molecule has 0 bridgehead atoms. The molecule has 6 heteroatoms. The molecular weight excluding hydrogens is 330 g/mol. The van der Waals surface area contributed by atoms with Gasteiger partial charge in [-0.05, 0) is 37.0 Å². The highest BCUT2D eigenvalue weighted by atomic mass is 16.5. The van der Waals surface area contributed by atoms with Crippen LogP contribution in [0.2, 0.25) is 0 Å². The van der Waals surface area contributed by atoms with Gasteiger partial charge < -0.3 is 14.5 Å². The summed E-state index contributed by atoms with van der Waals surface area (Å²) < 4.78 is 5.23. The normalized spacial score (nSPS) is 18.2. The van der Waals surface area contributed by atoms with E-state index in [4.69, 9.17) is 4.74 Å². The van der Waals surface area contributed by atoms with Crippen molar-refractivity contribution in [3.8, 4) is 5.75 Å².